The molecule has 28 heavy (non-hydrogen) atoms. The number of carbonyl (C=O) groups is 2. The van der Waals surface area contributed by atoms with Crippen molar-refractivity contribution < 1.29 is 18.4 Å². The van der Waals surface area contributed by atoms with Gasteiger partial charge < -0.3 is 8.83 Å². The summed E-state index contributed by atoms with van der Waals surface area (Å²) in [5, 5.41) is 7.70. The van der Waals surface area contributed by atoms with Crippen molar-refractivity contribution in [3.8, 4) is 0 Å². The number of nitrogens with one attached hydrogen (secondary N) is 2. The van der Waals surface area contributed by atoms with E-state index in [1.807, 2.05) is 12.1 Å². The Kier molecular flexibility index (Phi) is 10.2. The van der Waals surface area contributed by atoms with Crippen LogP contribution in [-0.4, -0.2) is 24.2 Å². The molecule has 0 aliphatic carbocycles. The van der Waals surface area contributed by atoms with E-state index in [2.05, 4.69) is 66.2 Å². The second-order valence-electron chi connectivity index (χ2n) is 5.78. The van der Waals surface area contributed by atoms with Crippen molar-refractivity contribution in [3.05, 3.63) is 43.3 Å². The zero-order chi connectivity index (χ0) is 20.2. The predicted octanol–water partition coefficient (Wildman–Crippen LogP) is 4.02. The molecule has 0 bridgehead atoms. The van der Waals surface area contributed by atoms with Crippen LogP contribution >= 0.6 is 45.2 Å². The maximum absolute atomic E-state index is 11.7. The van der Waals surface area contributed by atoms with Gasteiger partial charge in [-0.1, -0.05) is 12.8 Å². The summed E-state index contributed by atoms with van der Waals surface area (Å²) in [5.74, 6) is 0.895. The molecule has 0 aliphatic heterocycles. The van der Waals surface area contributed by atoms with Crippen LogP contribution in [0.2, 0.25) is 0 Å². The van der Waals surface area contributed by atoms with Gasteiger partial charge in [0.15, 0.2) is 7.53 Å². The number of nitrogens with zero attached hydrogens (tertiary/aromatic N) is 2. The Hall–Kier alpha value is -1.70. The van der Waals surface area contributed by atoms with Crippen molar-refractivity contribution in [1.82, 2.24) is 10.9 Å². The molecular formula is C18H20I2N4O4. The van der Waals surface area contributed by atoms with Gasteiger partial charge in [0.25, 0.3) is 0 Å². The molecule has 0 fully saturated rings. The highest BCUT2D eigenvalue weighted by Crippen LogP contribution is 2.09. The third-order valence-corrected chi connectivity index (χ3v) is 4.67. The van der Waals surface area contributed by atoms with E-state index in [9.17, 15) is 9.59 Å². The third kappa shape index (κ3) is 9.48. The molecule has 2 aromatic heterocycles. The van der Waals surface area contributed by atoms with Crippen LogP contribution in [0.5, 0.6) is 0 Å². The van der Waals surface area contributed by atoms with Crippen LogP contribution in [-0.2, 0) is 9.59 Å². The first kappa shape index (κ1) is 22.6. The van der Waals surface area contributed by atoms with E-state index < -0.39 is 0 Å². The van der Waals surface area contributed by atoms with E-state index in [4.69, 9.17) is 8.83 Å². The van der Waals surface area contributed by atoms with Gasteiger partial charge in [-0.3, -0.25) is 9.59 Å². The van der Waals surface area contributed by atoms with Gasteiger partial charge in [-0.2, -0.15) is 10.2 Å². The monoisotopic (exact) mass is 610 g/mol. The average molecular weight is 610 g/mol. The zero-order valence-electron chi connectivity index (χ0n) is 15.0. The molecule has 0 atom stereocenters. The number of rotatable bonds is 11. The van der Waals surface area contributed by atoms with Crippen molar-refractivity contribution in [2.45, 2.75) is 38.5 Å². The van der Waals surface area contributed by atoms with E-state index in [0.29, 0.717) is 24.4 Å². The molecule has 2 heterocycles. The van der Waals surface area contributed by atoms with E-state index in [1.165, 1.54) is 12.4 Å². The number of halogens is 2. The second-order valence-corrected chi connectivity index (χ2v) is 7.91. The largest absolute Gasteiger partial charge is 0.449 e. The molecule has 2 N–H and O–H groups in total. The van der Waals surface area contributed by atoms with Crippen molar-refractivity contribution >= 4 is 69.4 Å². The van der Waals surface area contributed by atoms with Gasteiger partial charge in [0.2, 0.25) is 11.8 Å². The Labute approximate surface area is 189 Å². The van der Waals surface area contributed by atoms with E-state index in [0.717, 1.165) is 33.2 Å². The second kappa shape index (κ2) is 12.7. The number of hydrogen-bond donors (Lipinski definition) is 2. The Morgan fingerprint density at radius 2 is 1.21 bits per heavy atom. The normalized spacial score (nSPS) is 11.4. The molecule has 150 valence electrons. The quantitative estimate of drug-likeness (QED) is 0.174. The summed E-state index contributed by atoms with van der Waals surface area (Å²) in [4.78, 5) is 23.3. The van der Waals surface area contributed by atoms with Gasteiger partial charge >= 0.3 is 0 Å². The van der Waals surface area contributed by atoms with E-state index in [-0.39, 0.29) is 11.8 Å². The molecule has 0 unspecified atom stereocenters. The molecule has 2 amide bonds. The van der Waals surface area contributed by atoms with Crippen molar-refractivity contribution in [1.29, 1.82) is 0 Å². The number of hydrazone groups is 2. The summed E-state index contributed by atoms with van der Waals surface area (Å²) < 4.78 is 12.1. The number of hydrogen-bond acceptors (Lipinski definition) is 6. The minimum Gasteiger partial charge on any atom is -0.449 e. The van der Waals surface area contributed by atoms with Gasteiger partial charge in [0, 0.05) is 12.8 Å². The Balaban J connectivity index is 1.47. The molecule has 0 radical (unpaired) electrons. The lowest BCUT2D eigenvalue weighted by Gasteiger charge is -2.01. The van der Waals surface area contributed by atoms with E-state index in [1.54, 1.807) is 12.1 Å². The molecule has 2 aromatic rings. The van der Waals surface area contributed by atoms with Crippen LogP contribution in [0.4, 0.5) is 0 Å². The summed E-state index contributed by atoms with van der Waals surface area (Å²) in [6.45, 7) is 0. The SMILES string of the molecule is O=C(CCCCCCC(=O)NN=Cc1ccc(I)o1)NN=Cc1ccc(I)o1. The molecule has 0 saturated heterocycles. The van der Waals surface area contributed by atoms with Crippen molar-refractivity contribution in [3.63, 3.8) is 0 Å². The fourth-order valence-electron chi connectivity index (χ4n) is 2.17. The lowest BCUT2D eigenvalue weighted by Crippen LogP contribution is -2.17. The minimum absolute atomic E-state index is 0.142. The Morgan fingerprint density at radius 3 is 1.57 bits per heavy atom. The lowest BCUT2D eigenvalue weighted by atomic mass is 10.1. The summed E-state index contributed by atoms with van der Waals surface area (Å²) in [7, 11) is 0. The number of amides is 2. The third-order valence-electron chi connectivity index (χ3n) is 3.51. The summed E-state index contributed by atoms with van der Waals surface area (Å²) >= 11 is 4.11. The number of furan rings is 2. The van der Waals surface area contributed by atoms with Crippen molar-refractivity contribution in [2.24, 2.45) is 10.2 Å². The smallest absolute Gasteiger partial charge is 0.240 e. The molecule has 0 aromatic carbocycles. The molecule has 2 rings (SSSR count). The van der Waals surface area contributed by atoms with Gasteiger partial charge in [-0.15, -0.1) is 0 Å². The topological polar surface area (TPSA) is 109 Å². The molecule has 0 spiro atoms. The van der Waals surface area contributed by atoms with Crippen LogP contribution < -0.4 is 10.9 Å². The average Bonchev–Trinajstić information content (AvgIpc) is 3.26. The Morgan fingerprint density at radius 1 is 0.786 bits per heavy atom. The van der Waals surface area contributed by atoms with Crippen LogP contribution in [0.1, 0.15) is 50.0 Å². The fraction of sp³-hybridized carbons (Fsp3) is 0.333. The maximum atomic E-state index is 11.7. The molecular weight excluding hydrogens is 590 g/mol. The lowest BCUT2D eigenvalue weighted by molar-refractivity contribution is -0.122. The fourth-order valence-corrected chi connectivity index (χ4v) is 3.04. The van der Waals surface area contributed by atoms with Crippen LogP contribution in [0.15, 0.2) is 43.3 Å². The van der Waals surface area contributed by atoms with Crippen LogP contribution in [0.25, 0.3) is 0 Å². The van der Waals surface area contributed by atoms with Gasteiger partial charge in [0.1, 0.15) is 11.5 Å². The van der Waals surface area contributed by atoms with Gasteiger partial charge in [0.05, 0.1) is 12.4 Å². The molecule has 8 nitrogen and oxygen atoms in total. The highest BCUT2D eigenvalue weighted by molar-refractivity contribution is 14.1. The first-order valence-electron chi connectivity index (χ1n) is 8.67. The molecule has 0 saturated carbocycles. The number of unbranched alkanes of at least 4 members (excludes halogenated alkanes) is 3. The highest BCUT2D eigenvalue weighted by Gasteiger charge is 2.02. The zero-order valence-corrected chi connectivity index (χ0v) is 19.3. The summed E-state index contributed by atoms with van der Waals surface area (Å²) in [5.41, 5.74) is 4.94. The van der Waals surface area contributed by atoms with Gasteiger partial charge in [-0.25, -0.2) is 10.9 Å². The summed E-state index contributed by atoms with van der Waals surface area (Å²) in [6, 6.07) is 7.18. The first-order valence-corrected chi connectivity index (χ1v) is 10.8. The predicted molar refractivity (Wildman–Crippen MR) is 122 cm³/mol. The van der Waals surface area contributed by atoms with Crippen LogP contribution in [0.3, 0.4) is 0 Å². The van der Waals surface area contributed by atoms with E-state index >= 15 is 0 Å². The highest BCUT2D eigenvalue weighted by atomic mass is 127. The Bertz CT molecular complexity index is 761. The van der Waals surface area contributed by atoms with Crippen LogP contribution in [0, 0.1) is 7.53 Å². The van der Waals surface area contributed by atoms with Crippen molar-refractivity contribution in [2.75, 3.05) is 0 Å². The molecule has 0 aliphatic rings. The van der Waals surface area contributed by atoms with Gasteiger partial charge in [-0.05, 0) is 82.3 Å². The maximum Gasteiger partial charge on any atom is 0.240 e. The standard InChI is InChI=1S/C18H20I2N4O4/c19-15-9-7-13(27-15)11-21-23-17(25)5-3-1-2-4-6-18(26)24-22-12-14-8-10-16(20)28-14/h7-12H,1-6H2,(H,23,25)(H,24,26). The molecule has 10 heteroatoms. The first-order chi connectivity index (χ1) is 13.5. The minimum atomic E-state index is -0.142. The summed E-state index contributed by atoms with van der Waals surface area (Å²) in [6.07, 6.45) is 6.95. The number of carbonyl (C=O) groups excluding carboxylic acids is 2.